The van der Waals surface area contributed by atoms with Crippen LogP contribution in [0.1, 0.15) is 24.9 Å². The Kier molecular flexibility index (Phi) is 3.65. The van der Waals surface area contributed by atoms with Crippen molar-refractivity contribution in [2.24, 2.45) is 0 Å². The summed E-state index contributed by atoms with van der Waals surface area (Å²) in [5.41, 5.74) is 1.38. The Morgan fingerprint density at radius 2 is 2.13 bits per heavy atom. The van der Waals surface area contributed by atoms with Crippen LogP contribution in [0, 0.1) is 0 Å². The summed E-state index contributed by atoms with van der Waals surface area (Å²) < 4.78 is 1.06. The summed E-state index contributed by atoms with van der Waals surface area (Å²) in [6.07, 6.45) is 1.12. The van der Waals surface area contributed by atoms with Crippen molar-refractivity contribution in [1.29, 1.82) is 0 Å². The Morgan fingerprint density at radius 3 is 2.67 bits per heavy atom. The van der Waals surface area contributed by atoms with E-state index in [0.717, 1.165) is 23.0 Å². The monoisotopic (exact) mass is 237 g/mol. The van der Waals surface area contributed by atoms with Gasteiger partial charge in [0.2, 0.25) is 0 Å². The van der Waals surface area contributed by atoms with Gasteiger partial charge in [-0.05, 0) is 12.0 Å². The molecule has 1 aliphatic heterocycles. The third-order valence-corrected chi connectivity index (χ3v) is 4.20. The third-order valence-electron chi connectivity index (χ3n) is 2.74. The van der Waals surface area contributed by atoms with E-state index in [9.17, 15) is 0 Å². The molecule has 1 nitrogen and oxygen atoms in total. The molecule has 0 radical (unpaired) electrons. The lowest BCUT2D eigenvalue weighted by Gasteiger charge is -2.28. The summed E-state index contributed by atoms with van der Waals surface area (Å²) in [6, 6.07) is 11.1. The lowest BCUT2D eigenvalue weighted by Crippen LogP contribution is -2.28. The molecule has 1 fully saturated rings. The highest BCUT2D eigenvalue weighted by molar-refractivity contribution is 8.23. The van der Waals surface area contributed by atoms with Crippen LogP contribution in [-0.2, 0) is 0 Å². The largest absolute Gasteiger partial charge is 0.350 e. The number of thioether (sulfide) groups is 1. The predicted molar refractivity (Wildman–Crippen MR) is 71.2 cm³/mol. The molecule has 1 atom stereocenters. The van der Waals surface area contributed by atoms with Gasteiger partial charge in [0.15, 0.2) is 0 Å². The smallest absolute Gasteiger partial charge is 0.136 e. The first-order valence-corrected chi connectivity index (χ1v) is 6.70. The van der Waals surface area contributed by atoms with Gasteiger partial charge in [-0.15, -0.1) is 0 Å². The van der Waals surface area contributed by atoms with Gasteiger partial charge in [-0.25, -0.2) is 0 Å². The van der Waals surface area contributed by atoms with E-state index in [-0.39, 0.29) is 0 Å². The lowest BCUT2D eigenvalue weighted by atomic mass is 10.0. The van der Waals surface area contributed by atoms with Crippen molar-refractivity contribution in [2.45, 2.75) is 19.4 Å². The molecule has 0 amide bonds. The molecule has 0 saturated carbocycles. The number of benzene rings is 1. The molecule has 0 bridgehead atoms. The van der Waals surface area contributed by atoms with E-state index in [1.807, 2.05) is 0 Å². The molecule has 1 aromatic carbocycles. The first kappa shape index (κ1) is 11.0. The fourth-order valence-electron chi connectivity index (χ4n) is 2.00. The van der Waals surface area contributed by atoms with E-state index in [2.05, 4.69) is 42.2 Å². The summed E-state index contributed by atoms with van der Waals surface area (Å²) in [4.78, 5) is 2.36. The number of thiocarbonyl (C=S) groups is 1. The molecular weight excluding hydrogens is 222 g/mol. The molecular formula is C12H15NS2. The van der Waals surface area contributed by atoms with Crippen LogP contribution in [-0.4, -0.2) is 21.5 Å². The van der Waals surface area contributed by atoms with Gasteiger partial charge < -0.3 is 4.90 Å². The van der Waals surface area contributed by atoms with Crippen LogP contribution >= 0.6 is 24.0 Å². The SMILES string of the molecule is CCC(c1ccccc1)N1CCSC1=S. The minimum atomic E-state index is 0.466. The highest BCUT2D eigenvalue weighted by Crippen LogP contribution is 2.31. The summed E-state index contributed by atoms with van der Waals surface area (Å²) in [5.74, 6) is 1.14. The van der Waals surface area contributed by atoms with E-state index in [1.165, 1.54) is 5.56 Å². The van der Waals surface area contributed by atoms with Crippen LogP contribution in [0.4, 0.5) is 0 Å². The summed E-state index contributed by atoms with van der Waals surface area (Å²) >= 11 is 7.17. The molecule has 0 aromatic heterocycles. The minimum Gasteiger partial charge on any atom is -0.350 e. The van der Waals surface area contributed by atoms with Crippen molar-refractivity contribution >= 4 is 28.3 Å². The highest BCUT2D eigenvalue weighted by atomic mass is 32.2. The Hall–Kier alpha value is -0.540. The third kappa shape index (κ3) is 2.34. The molecule has 1 unspecified atom stereocenters. The van der Waals surface area contributed by atoms with Crippen LogP contribution in [0.25, 0.3) is 0 Å². The quantitative estimate of drug-likeness (QED) is 0.741. The second-order valence-electron chi connectivity index (χ2n) is 3.64. The Labute approximate surface area is 101 Å². The van der Waals surface area contributed by atoms with Gasteiger partial charge in [0, 0.05) is 12.3 Å². The van der Waals surface area contributed by atoms with Crippen LogP contribution in [0.3, 0.4) is 0 Å². The zero-order valence-electron chi connectivity index (χ0n) is 8.85. The summed E-state index contributed by atoms with van der Waals surface area (Å²) in [7, 11) is 0. The van der Waals surface area contributed by atoms with E-state index in [1.54, 1.807) is 11.8 Å². The molecule has 1 aliphatic rings. The zero-order valence-corrected chi connectivity index (χ0v) is 10.5. The highest BCUT2D eigenvalue weighted by Gasteiger charge is 2.25. The fourth-order valence-corrected chi connectivity index (χ4v) is 3.32. The molecule has 15 heavy (non-hydrogen) atoms. The first-order chi connectivity index (χ1) is 7.33. The van der Waals surface area contributed by atoms with Gasteiger partial charge in [-0.2, -0.15) is 0 Å². The maximum absolute atomic E-state index is 5.37. The van der Waals surface area contributed by atoms with Gasteiger partial charge in [-0.3, -0.25) is 0 Å². The normalized spacial score (nSPS) is 18.2. The molecule has 80 valence electrons. The average Bonchev–Trinajstić information content (AvgIpc) is 2.68. The maximum Gasteiger partial charge on any atom is 0.136 e. The number of hydrogen-bond donors (Lipinski definition) is 0. The number of rotatable bonds is 3. The number of nitrogens with zero attached hydrogens (tertiary/aromatic N) is 1. The van der Waals surface area contributed by atoms with Gasteiger partial charge in [0.25, 0.3) is 0 Å². The van der Waals surface area contributed by atoms with Crippen molar-refractivity contribution in [1.82, 2.24) is 4.90 Å². The maximum atomic E-state index is 5.37. The molecule has 0 spiro atoms. The first-order valence-electron chi connectivity index (χ1n) is 5.31. The Bertz CT molecular complexity index is 337. The summed E-state index contributed by atoms with van der Waals surface area (Å²) in [6.45, 7) is 3.32. The predicted octanol–water partition coefficient (Wildman–Crippen LogP) is 3.47. The Balaban J connectivity index is 2.20. The average molecular weight is 237 g/mol. The standard InChI is InChI=1S/C12H15NS2/c1-2-11(10-6-4-3-5-7-10)13-8-9-15-12(13)14/h3-7,11H,2,8-9H2,1H3. The van der Waals surface area contributed by atoms with Gasteiger partial charge in [-0.1, -0.05) is 61.2 Å². The van der Waals surface area contributed by atoms with Crippen LogP contribution in [0.5, 0.6) is 0 Å². The van der Waals surface area contributed by atoms with Crippen LogP contribution in [0.15, 0.2) is 30.3 Å². The van der Waals surface area contributed by atoms with Crippen molar-refractivity contribution in [3.8, 4) is 0 Å². The fraction of sp³-hybridized carbons (Fsp3) is 0.417. The summed E-state index contributed by atoms with van der Waals surface area (Å²) in [5, 5.41) is 0. The van der Waals surface area contributed by atoms with Crippen LogP contribution in [0.2, 0.25) is 0 Å². The second-order valence-corrected chi connectivity index (χ2v) is 5.37. The van der Waals surface area contributed by atoms with E-state index < -0.39 is 0 Å². The lowest BCUT2D eigenvalue weighted by molar-refractivity contribution is 0.341. The van der Waals surface area contributed by atoms with Gasteiger partial charge >= 0.3 is 0 Å². The van der Waals surface area contributed by atoms with E-state index >= 15 is 0 Å². The zero-order chi connectivity index (χ0) is 10.7. The van der Waals surface area contributed by atoms with Crippen molar-refractivity contribution < 1.29 is 0 Å². The van der Waals surface area contributed by atoms with Crippen molar-refractivity contribution in [3.63, 3.8) is 0 Å². The molecule has 1 saturated heterocycles. The molecule has 3 heteroatoms. The van der Waals surface area contributed by atoms with Crippen molar-refractivity contribution in [2.75, 3.05) is 12.3 Å². The molecule has 2 rings (SSSR count). The molecule has 0 N–H and O–H groups in total. The van der Waals surface area contributed by atoms with Crippen LogP contribution < -0.4 is 0 Å². The van der Waals surface area contributed by atoms with Crippen molar-refractivity contribution in [3.05, 3.63) is 35.9 Å². The minimum absolute atomic E-state index is 0.466. The van der Waals surface area contributed by atoms with Gasteiger partial charge in [0.1, 0.15) is 4.32 Å². The van der Waals surface area contributed by atoms with E-state index in [0.29, 0.717) is 6.04 Å². The Morgan fingerprint density at radius 1 is 1.40 bits per heavy atom. The van der Waals surface area contributed by atoms with Gasteiger partial charge in [0.05, 0.1) is 6.04 Å². The molecule has 0 aliphatic carbocycles. The topological polar surface area (TPSA) is 3.24 Å². The second kappa shape index (κ2) is 4.99. The molecule has 1 aromatic rings. The number of hydrogen-bond acceptors (Lipinski definition) is 2. The van der Waals surface area contributed by atoms with E-state index in [4.69, 9.17) is 12.2 Å². The molecule has 1 heterocycles.